The molecule has 5 atom stereocenters. The molecule has 1 fully saturated rings. The molecule has 3 rings (SSSR count). The minimum atomic E-state index is -2.39. The molecule has 2 heterocycles. The smallest absolute Gasteiger partial charge is 0.211 e. The zero-order valence-electron chi connectivity index (χ0n) is 10.6. The van der Waals surface area contributed by atoms with Crippen molar-refractivity contribution in [2.24, 2.45) is 0 Å². The van der Waals surface area contributed by atoms with E-state index in [1.165, 1.54) is 6.20 Å². The lowest BCUT2D eigenvalue weighted by molar-refractivity contribution is -0.316. The highest BCUT2D eigenvalue weighted by molar-refractivity contribution is 9.09. The first-order chi connectivity index (χ1) is 9.80. The summed E-state index contributed by atoms with van der Waals surface area (Å²) in [7, 11) is 0. The average Bonchev–Trinajstić information content (AvgIpc) is 2.88. The standard InChI is InChI=1S/C13H13BrClNO5/c14-11-13(15,20)12(19,9(17)10(18)21-11)7-5-16-8-4-2-1-3-6(7)8/h1-5,9-11,16-20H/t9-,10+,11?,12+,13-/m0/s1. The molecular formula is C13H13BrClNO5. The van der Waals surface area contributed by atoms with Gasteiger partial charge in [0, 0.05) is 22.7 Å². The highest BCUT2D eigenvalue weighted by Gasteiger charge is 2.65. The Morgan fingerprint density at radius 3 is 2.62 bits per heavy atom. The Morgan fingerprint density at radius 1 is 1.24 bits per heavy atom. The number of para-hydroxylation sites is 1. The van der Waals surface area contributed by atoms with E-state index in [0.29, 0.717) is 10.9 Å². The van der Waals surface area contributed by atoms with Crippen LogP contribution >= 0.6 is 27.5 Å². The Bertz CT molecular complexity index is 677. The Labute approximate surface area is 133 Å². The van der Waals surface area contributed by atoms with Crippen molar-refractivity contribution in [2.75, 3.05) is 0 Å². The third-order valence-corrected chi connectivity index (χ3v) is 5.42. The van der Waals surface area contributed by atoms with E-state index in [1.807, 2.05) is 0 Å². The predicted octanol–water partition coefficient (Wildman–Crippen LogP) is 0.713. The van der Waals surface area contributed by atoms with Gasteiger partial charge in [-0.3, -0.25) is 0 Å². The van der Waals surface area contributed by atoms with Gasteiger partial charge < -0.3 is 30.1 Å². The monoisotopic (exact) mass is 377 g/mol. The summed E-state index contributed by atoms with van der Waals surface area (Å²) in [6, 6.07) is 7.00. The molecule has 0 spiro atoms. The van der Waals surface area contributed by atoms with Crippen molar-refractivity contribution in [1.29, 1.82) is 0 Å². The van der Waals surface area contributed by atoms with Crippen molar-refractivity contribution >= 4 is 38.4 Å². The highest BCUT2D eigenvalue weighted by Crippen LogP contribution is 2.50. The molecule has 0 amide bonds. The second-order valence-corrected chi connectivity index (χ2v) is 6.38. The fourth-order valence-corrected chi connectivity index (χ4v) is 3.44. The van der Waals surface area contributed by atoms with Gasteiger partial charge in [-0.15, -0.1) is 0 Å². The maximum absolute atomic E-state index is 10.9. The van der Waals surface area contributed by atoms with Crippen molar-refractivity contribution in [3.63, 3.8) is 0 Å². The molecule has 1 saturated heterocycles. The topological polar surface area (TPSA) is 106 Å². The van der Waals surface area contributed by atoms with Crippen LogP contribution in [0.5, 0.6) is 0 Å². The van der Waals surface area contributed by atoms with E-state index in [2.05, 4.69) is 20.9 Å². The van der Waals surface area contributed by atoms with Gasteiger partial charge in [0.05, 0.1) is 0 Å². The molecule has 5 N–H and O–H groups in total. The Hall–Kier alpha value is -0.670. The van der Waals surface area contributed by atoms with Gasteiger partial charge in [-0.25, -0.2) is 0 Å². The quantitative estimate of drug-likeness (QED) is 0.470. The number of hydrogen-bond acceptors (Lipinski definition) is 5. The number of ether oxygens (including phenoxy) is 1. The van der Waals surface area contributed by atoms with Gasteiger partial charge >= 0.3 is 0 Å². The molecule has 1 aliphatic heterocycles. The van der Waals surface area contributed by atoms with E-state index in [0.717, 1.165) is 0 Å². The second kappa shape index (κ2) is 4.92. The van der Waals surface area contributed by atoms with E-state index in [9.17, 15) is 20.4 Å². The van der Waals surface area contributed by atoms with E-state index >= 15 is 0 Å². The lowest BCUT2D eigenvalue weighted by Crippen LogP contribution is -2.68. The van der Waals surface area contributed by atoms with Crippen molar-refractivity contribution in [1.82, 2.24) is 4.98 Å². The molecule has 2 aromatic rings. The van der Waals surface area contributed by atoms with E-state index in [-0.39, 0.29) is 5.56 Å². The van der Waals surface area contributed by atoms with Crippen LogP contribution in [0.4, 0.5) is 0 Å². The number of aliphatic hydroxyl groups excluding tert-OH is 2. The van der Waals surface area contributed by atoms with Gasteiger partial charge in [0.2, 0.25) is 5.06 Å². The summed E-state index contributed by atoms with van der Waals surface area (Å²) in [6.07, 6.45) is -2.13. The third kappa shape index (κ3) is 1.97. The summed E-state index contributed by atoms with van der Waals surface area (Å²) < 4.78 is 4.89. The molecule has 1 aromatic heterocycles. The van der Waals surface area contributed by atoms with Crippen LogP contribution in [0.3, 0.4) is 0 Å². The van der Waals surface area contributed by atoms with Crippen LogP contribution in [0.1, 0.15) is 5.56 Å². The van der Waals surface area contributed by atoms with Crippen LogP contribution in [-0.2, 0) is 10.3 Å². The second-order valence-electron chi connectivity index (χ2n) is 4.98. The predicted molar refractivity (Wildman–Crippen MR) is 78.8 cm³/mol. The largest absolute Gasteiger partial charge is 0.384 e. The molecule has 0 aliphatic carbocycles. The Balaban J connectivity index is 2.25. The number of benzene rings is 1. The number of fused-ring (bicyclic) bond motifs is 1. The fourth-order valence-electron chi connectivity index (χ4n) is 2.61. The van der Waals surface area contributed by atoms with Crippen molar-refractivity contribution in [2.45, 2.75) is 28.1 Å². The van der Waals surface area contributed by atoms with Gasteiger partial charge in [0.15, 0.2) is 16.9 Å². The number of hydrogen-bond donors (Lipinski definition) is 5. The van der Waals surface area contributed by atoms with Crippen LogP contribution in [0.15, 0.2) is 30.5 Å². The summed E-state index contributed by atoms with van der Waals surface area (Å²) >= 11 is 8.99. The first kappa shape index (κ1) is 15.2. The van der Waals surface area contributed by atoms with Gasteiger partial charge in [0.25, 0.3) is 0 Å². The summed E-state index contributed by atoms with van der Waals surface area (Å²) in [5.74, 6) is 0. The number of aliphatic hydroxyl groups is 4. The van der Waals surface area contributed by atoms with Gasteiger partial charge in [-0.05, 0) is 6.07 Å². The number of rotatable bonds is 1. The van der Waals surface area contributed by atoms with Crippen LogP contribution in [0, 0.1) is 0 Å². The van der Waals surface area contributed by atoms with Crippen LogP contribution in [0.25, 0.3) is 10.9 Å². The van der Waals surface area contributed by atoms with Crippen molar-refractivity contribution in [3.8, 4) is 0 Å². The molecule has 6 nitrogen and oxygen atoms in total. The minimum absolute atomic E-state index is 0.162. The molecule has 0 radical (unpaired) electrons. The fraction of sp³-hybridized carbons (Fsp3) is 0.385. The van der Waals surface area contributed by atoms with Crippen LogP contribution in [0.2, 0.25) is 0 Å². The zero-order chi connectivity index (χ0) is 15.4. The molecule has 1 aromatic carbocycles. The van der Waals surface area contributed by atoms with Crippen molar-refractivity contribution in [3.05, 3.63) is 36.0 Å². The number of H-pyrrole nitrogens is 1. The van der Waals surface area contributed by atoms with Crippen molar-refractivity contribution < 1.29 is 25.2 Å². The van der Waals surface area contributed by atoms with Gasteiger partial charge in [0.1, 0.15) is 6.10 Å². The molecule has 114 valence electrons. The van der Waals surface area contributed by atoms with E-state index in [1.54, 1.807) is 24.3 Å². The zero-order valence-corrected chi connectivity index (χ0v) is 12.9. The molecule has 0 saturated carbocycles. The first-order valence-corrected chi connectivity index (χ1v) is 7.45. The van der Waals surface area contributed by atoms with E-state index < -0.39 is 28.1 Å². The summed E-state index contributed by atoms with van der Waals surface area (Å²) in [4.78, 5) is 2.92. The van der Waals surface area contributed by atoms with Gasteiger partial charge in [-0.2, -0.15) is 0 Å². The van der Waals surface area contributed by atoms with E-state index in [4.69, 9.17) is 16.3 Å². The number of alkyl halides is 2. The molecular weight excluding hydrogens is 366 g/mol. The third-order valence-electron chi connectivity index (χ3n) is 3.79. The maximum Gasteiger partial charge on any atom is 0.211 e. The minimum Gasteiger partial charge on any atom is -0.384 e. The number of halogens is 2. The molecule has 21 heavy (non-hydrogen) atoms. The SMILES string of the molecule is O[C@@H]1OC(Br)[C@@](O)(Cl)[C@@](O)(c2c[nH]c3ccccc23)[C@H]1O. The average molecular weight is 379 g/mol. The number of aromatic nitrogens is 1. The number of nitrogens with one attached hydrogen (secondary N) is 1. The molecule has 1 unspecified atom stereocenters. The van der Waals surface area contributed by atoms with Crippen LogP contribution < -0.4 is 0 Å². The highest BCUT2D eigenvalue weighted by atomic mass is 79.9. The molecule has 1 aliphatic rings. The lowest BCUT2D eigenvalue weighted by atomic mass is 9.80. The summed E-state index contributed by atoms with van der Waals surface area (Å²) in [6.45, 7) is 0. The molecule has 0 bridgehead atoms. The normalized spacial score (nSPS) is 40.6. The Kier molecular flexibility index (Phi) is 3.57. The molecule has 8 heteroatoms. The maximum atomic E-state index is 10.9. The lowest BCUT2D eigenvalue weighted by Gasteiger charge is -2.49. The number of aromatic amines is 1. The summed E-state index contributed by atoms with van der Waals surface area (Å²) in [5, 5.41) is 38.2. The van der Waals surface area contributed by atoms with Crippen LogP contribution in [-0.4, -0.2) is 47.9 Å². The summed E-state index contributed by atoms with van der Waals surface area (Å²) in [5.41, 5.74) is -1.50. The first-order valence-electron chi connectivity index (χ1n) is 6.16. The Morgan fingerprint density at radius 2 is 1.90 bits per heavy atom. The van der Waals surface area contributed by atoms with Gasteiger partial charge in [-0.1, -0.05) is 45.7 Å².